The Balaban J connectivity index is 2.09. The topological polar surface area (TPSA) is 46.8 Å². The molecule has 5 nitrogen and oxygen atoms in total. The molecule has 1 saturated heterocycles. The summed E-state index contributed by atoms with van der Waals surface area (Å²) < 4.78 is 2.62. The molecule has 7 heteroatoms. The van der Waals surface area contributed by atoms with Gasteiger partial charge in [-0.3, -0.25) is 0 Å². The highest BCUT2D eigenvalue weighted by Crippen LogP contribution is 2.34. The molecule has 1 unspecified atom stereocenters. The molecule has 102 valence electrons. The number of hydrogen-bond acceptors (Lipinski definition) is 5. The molecule has 0 saturated carbocycles. The summed E-state index contributed by atoms with van der Waals surface area (Å²) in [6, 6.07) is 0.570. The lowest BCUT2D eigenvalue weighted by Gasteiger charge is -2.25. The van der Waals surface area contributed by atoms with Crippen molar-refractivity contribution < 1.29 is 0 Å². The van der Waals surface area contributed by atoms with Gasteiger partial charge in [-0.15, -0.1) is 0 Å². The standard InChI is InChI=1S/C12H16BrN5S/c1-17-11-9(10(13)16-17)12(15-7-14-11)18-5-3-4-8(18)6-19-2/h7-8H,3-6H2,1-2H3. The van der Waals surface area contributed by atoms with Gasteiger partial charge in [-0.05, 0) is 35.0 Å². The Morgan fingerprint density at radius 2 is 2.32 bits per heavy atom. The minimum absolute atomic E-state index is 0.570. The van der Waals surface area contributed by atoms with Crippen LogP contribution in [0.4, 0.5) is 5.82 Å². The third kappa shape index (κ3) is 2.23. The quantitative estimate of drug-likeness (QED) is 0.858. The molecular weight excluding hydrogens is 326 g/mol. The van der Waals surface area contributed by atoms with Crippen molar-refractivity contribution >= 4 is 44.5 Å². The Kier molecular flexibility index (Phi) is 3.66. The second kappa shape index (κ2) is 5.28. The van der Waals surface area contributed by atoms with Crippen LogP contribution in [0.25, 0.3) is 11.0 Å². The Morgan fingerprint density at radius 1 is 1.47 bits per heavy atom. The zero-order chi connectivity index (χ0) is 13.4. The molecule has 3 rings (SSSR count). The highest BCUT2D eigenvalue weighted by atomic mass is 79.9. The second-order valence-electron chi connectivity index (χ2n) is 4.76. The largest absolute Gasteiger partial charge is 0.352 e. The smallest absolute Gasteiger partial charge is 0.164 e. The SMILES string of the molecule is CSCC1CCCN1c1ncnc2c1c(Br)nn2C. The molecule has 0 radical (unpaired) electrons. The number of thioether (sulfide) groups is 1. The normalized spacial score (nSPS) is 19.5. The number of halogens is 1. The molecule has 2 aromatic heterocycles. The highest BCUT2D eigenvalue weighted by molar-refractivity contribution is 9.10. The van der Waals surface area contributed by atoms with Gasteiger partial charge in [0.05, 0.1) is 5.39 Å². The van der Waals surface area contributed by atoms with E-state index in [0.29, 0.717) is 6.04 Å². The summed E-state index contributed by atoms with van der Waals surface area (Å²) in [5, 5.41) is 5.42. The number of hydrogen-bond donors (Lipinski definition) is 0. The van der Waals surface area contributed by atoms with Crippen molar-refractivity contribution in [3.63, 3.8) is 0 Å². The average Bonchev–Trinajstić information content (AvgIpc) is 2.96. The second-order valence-corrected chi connectivity index (χ2v) is 6.42. The fraction of sp³-hybridized carbons (Fsp3) is 0.583. The zero-order valence-electron chi connectivity index (χ0n) is 11.0. The predicted molar refractivity (Wildman–Crippen MR) is 82.8 cm³/mol. The van der Waals surface area contributed by atoms with E-state index in [-0.39, 0.29) is 0 Å². The molecule has 0 bridgehead atoms. The fourth-order valence-corrected chi connectivity index (χ4v) is 4.05. The van der Waals surface area contributed by atoms with Crippen LogP contribution in [-0.2, 0) is 7.05 Å². The van der Waals surface area contributed by atoms with Crippen LogP contribution in [-0.4, -0.2) is 44.3 Å². The monoisotopic (exact) mass is 341 g/mol. The number of anilines is 1. The van der Waals surface area contributed by atoms with E-state index >= 15 is 0 Å². The molecule has 19 heavy (non-hydrogen) atoms. The van der Waals surface area contributed by atoms with Crippen LogP contribution < -0.4 is 4.90 Å². The van der Waals surface area contributed by atoms with Crippen LogP contribution in [0.1, 0.15) is 12.8 Å². The van der Waals surface area contributed by atoms with Gasteiger partial charge in [0.2, 0.25) is 0 Å². The van der Waals surface area contributed by atoms with Gasteiger partial charge in [0.1, 0.15) is 16.7 Å². The fourth-order valence-electron chi connectivity index (χ4n) is 2.72. The molecule has 3 heterocycles. The van der Waals surface area contributed by atoms with E-state index in [9.17, 15) is 0 Å². The van der Waals surface area contributed by atoms with Gasteiger partial charge in [-0.2, -0.15) is 16.9 Å². The van der Waals surface area contributed by atoms with E-state index < -0.39 is 0 Å². The Bertz CT molecular complexity index is 599. The van der Waals surface area contributed by atoms with Crippen LogP contribution in [0, 0.1) is 0 Å². The number of fused-ring (bicyclic) bond motifs is 1. The average molecular weight is 342 g/mol. The Hall–Kier alpha value is -0.820. The maximum atomic E-state index is 4.52. The van der Waals surface area contributed by atoms with Gasteiger partial charge in [-0.1, -0.05) is 0 Å². The van der Waals surface area contributed by atoms with E-state index in [2.05, 4.69) is 42.2 Å². The van der Waals surface area contributed by atoms with Crippen molar-refractivity contribution in [1.29, 1.82) is 0 Å². The van der Waals surface area contributed by atoms with Crippen molar-refractivity contribution in [2.24, 2.45) is 7.05 Å². The molecule has 1 aliphatic rings. The lowest BCUT2D eigenvalue weighted by Crippen LogP contribution is -2.32. The summed E-state index contributed by atoms with van der Waals surface area (Å²) in [6.45, 7) is 1.07. The molecule has 2 aromatic rings. The van der Waals surface area contributed by atoms with Crippen molar-refractivity contribution in [3.05, 3.63) is 10.9 Å². The zero-order valence-corrected chi connectivity index (χ0v) is 13.4. The predicted octanol–water partition coefficient (Wildman–Crippen LogP) is 2.46. The third-order valence-electron chi connectivity index (χ3n) is 3.57. The van der Waals surface area contributed by atoms with Crippen molar-refractivity contribution in [2.45, 2.75) is 18.9 Å². The maximum absolute atomic E-state index is 4.52. The highest BCUT2D eigenvalue weighted by Gasteiger charge is 2.28. The first-order valence-corrected chi connectivity index (χ1v) is 8.50. The summed E-state index contributed by atoms with van der Waals surface area (Å²) in [5.74, 6) is 2.16. The van der Waals surface area contributed by atoms with Crippen molar-refractivity contribution in [3.8, 4) is 0 Å². The molecular formula is C12H16BrN5S. The van der Waals surface area contributed by atoms with E-state index in [4.69, 9.17) is 0 Å². The van der Waals surface area contributed by atoms with E-state index in [1.165, 1.54) is 12.8 Å². The van der Waals surface area contributed by atoms with Gasteiger partial charge in [0, 0.05) is 25.4 Å². The molecule has 1 aliphatic heterocycles. The molecule has 0 aliphatic carbocycles. The summed E-state index contributed by atoms with van der Waals surface area (Å²) in [5.41, 5.74) is 0.881. The maximum Gasteiger partial charge on any atom is 0.164 e. The van der Waals surface area contributed by atoms with Crippen LogP contribution >= 0.6 is 27.7 Å². The first-order valence-electron chi connectivity index (χ1n) is 6.31. The summed E-state index contributed by atoms with van der Waals surface area (Å²) >= 11 is 5.43. The van der Waals surface area contributed by atoms with Gasteiger partial charge in [0.15, 0.2) is 5.65 Å². The molecule has 0 amide bonds. The summed E-state index contributed by atoms with van der Waals surface area (Å²) in [6.07, 6.45) is 6.27. The molecule has 0 N–H and O–H groups in total. The number of nitrogens with zero attached hydrogens (tertiary/aromatic N) is 5. The lowest BCUT2D eigenvalue weighted by molar-refractivity contribution is 0.739. The Morgan fingerprint density at radius 3 is 3.11 bits per heavy atom. The third-order valence-corrected chi connectivity index (χ3v) is 4.84. The number of aryl methyl sites for hydroxylation is 1. The van der Waals surface area contributed by atoms with E-state index in [0.717, 1.165) is 33.8 Å². The first kappa shape index (κ1) is 13.2. The summed E-state index contributed by atoms with van der Waals surface area (Å²) in [4.78, 5) is 11.3. The van der Waals surface area contributed by atoms with Crippen LogP contribution in [0.5, 0.6) is 0 Å². The van der Waals surface area contributed by atoms with E-state index in [1.54, 1.807) is 11.0 Å². The molecule has 1 atom stereocenters. The minimum atomic E-state index is 0.570. The van der Waals surface area contributed by atoms with Crippen molar-refractivity contribution in [2.75, 3.05) is 23.5 Å². The van der Waals surface area contributed by atoms with Crippen LogP contribution in [0.2, 0.25) is 0 Å². The number of rotatable bonds is 3. The Labute approximate surface area is 124 Å². The number of aromatic nitrogens is 4. The summed E-state index contributed by atoms with van der Waals surface area (Å²) in [7, 11) is 1.91. The van der Waals surface area contributed by atoms with E-state index in [1.807, 2.05) is 18.8 Å². The van der Waals surface area contributed by atoms with Gasteiger partial charge in [-0.25, -0.2) is 14.6 Å². The van der Waals surface area contributed by atoms with Crippen molar-refractivity contribution in [1.82, 2.24) is 19.7 Å². The van der Waals surface area contributed by atoms with Crippen LogP contribution in [0.3, 0.4) is 0 Å². The lowest BCUT2D eigenvalue weighted by atomic mass is 10.2. The molecule has 1 fully saturated rings. The van der Waals surface area contributed by atoms with Gasteiger partial charge < -0.3 is 4.90 Å². The van der Waals surface area contributed by atoms with Gasteiger partial charge >= 0.3 is 0 Å². The van der Waals surface area contributed by atoms with Gasteiger partial charge in [0.25, 0.3) is 0 Å². The molecule has 0 aromatic carbocycles. The molecule has 0 spiro atoms. The van der Waals surface area contributed by atoms with Crippen LogP contribution in [0.15, 0.2) is 10.9 Å². The minimum Gasteiger partial charge on any atom is -0.352 e. The first-order chi connectivity index (χ1) is 9.22.